The topological polar surface area (TPSA) is 65.5 Å². The van der Waals surface area contributed by atoms with E-state index in [9.17, 15) is 9.90 Å². The van der Waals surface area contributed by atoms with E-state index in [1.165, 1.54) is 0 Å². The van der Waals surface area contributed by atoms with Gasteiger partial charge < -0.3 is 15.3 Å². The first-order chi connectivity index (χ1) is 11.0. The first-order valence-electron chi connectivity index (χ1n) is 7.36. The standard InChI is InChI=1S/C17H20BrN3O2.ClH/c1-21(2)11-3-4-12-9-10-19-16(15(12)17(22)23)20-14-7-5-13(18)6-8-14;/h5-10H,3-4,11H2,1-2H3,(H,19,20)(H,22,23);1H. The lowest BCUT2D eigenvalue weighted by molar-refractivity contribution is 0.0696. The van der Waals surface area contributed by atoms with Crippen LogP contribution in [0, 0.1) is 0 Å². The molecule has 5 nitrogen and oxygen atoms in total. The number of carboxylic acids is 1. The molecule has 0 aliphatic heterocycles. The molecule has 0 saturated carbocycles. The van der Waals surface area contributed by atoms with Crippen LogP contribution < -0.4 is 5.32 Å². The van der Waals surface area contributed by atoms with Gasteiger partial charge in [0, 0.05) is 16.4 Å². The Labute approximate surface area is 156 Å². The van der Waals surface area contributed by atoms with Crippen molar-refractivity contribution in [3.63, 3.8) is 0 Å². The Kier molecular flexibility index (Phi) is 8.18. The smallest absolute Gasteiger partial charge is 0.339 e. The van der Waals surface area contributed by atoms with Crippen molar-refractivity contribution in [2.45, 2.75) is 12.8 Å². The predicted octanol–water partition coefficient (Wildman–Crippen LogP) is 4.20. The van der Waals surface area contributed by atoms with E-state index in [0.29, 0.717) is 12.2 Å². The predicted molar refractivity (Wildman–Crippen MR) is 103 cm³/mol. The molecule has 0 aliphatic carbocycles. The van der Waals surface area contributed by atoms with Crippen molar-refractivity contribution in [1.29, 1.82) is 0 Å². The molecule has 0 bridgehead atoms. The monoisotopic (exact) mass is 413 g/mol. The second-order valence-electron chi connectivity index (χ2n) is 5.54. The fourth-order valence-electron chi connectivity index (χ4n) is 2.30. The van der Waals surface area contributed by atoms with Gasteiger partial charge in [0.25, 0.3) is 0 Å². The largest absolute Gasteiger partial charge is 0.478 e. The van der Waals surface area contributed by atoms with Gasteiger partial charge in [-0.25, -0.2) is 9.78 Å². The van der Waals surface area contributed by atoms with Crippen molar-refractivity contribution in [2.75, 3.05) is 26.0 Å². The third kappa shape index (κ3) is 5.78. The van der Waals surface area contributed by atoms with E-state index in [1.54, 1.807) is 12.3 Å². The highest BCUT2D eigenvalue weighted by atomic mass is 79.9. The summed E-state index contributed by atoms with van der Waals surface area (Å²) in [6, 6.07) is 9.31. The van der Waals surface area contributed by atoms with Gasteiger partial charge in [-0.3, -0.25) is 0 Å². The summed E-state index contributed by atoms with van der Waals surface area (Å²) in [7, 11) is 4.01. The van der Waals surface area contributed by atoms with Crippen LogP contribution in [0.2, 0.25) is 0 Å². The molecule has 0 saturated heterocycles. The van der Waals surface area contributed by atoms with E-state index in [2.05, 4.69) is 31.1 Å². The number of aryl methyl sites for hydroxylation is 1. The molecule has 0 unspecified atom stereocenters. The molecular weight excluding hydrogens is 394 g/mol. The first-order valence-corrected chi connectivity index (χ1v) is 8.15. The summed E-state index contributed by atoms with van der Waals surface area (Å²) in [5.74, 6) is -0.584. The number of carbonyl (C=O) groups is 1. The number of carboxylic acid groups (broad SMARTS) is 1. The highest BCUT2D eigenvalue weighted by Gasteiger charge is 2.17. The Hall–Kier alpha value is -1.63. The number of hydrogen-bond donors (Lipinski definition) is 2. The summed E-state index contributed by atoms with van der Waals surface area (Å²) in [6.45, 7) is 0.914. The molecule has 1 aromatic heterocycles. The molecule has 2 N–H and O–H groups in total. The number of benzene rings is 1. The minimum atomic E-state index is -0.961. The van der Waals surface area contributed by atoms with Crippen molar-refractivity contribution >= 4 is 45.8 Å². The zero-order valence-electron chi connectivity index (χ0n) is 13.6. The number of rotatable bonds is 7. The van der Waals surface area contributed by atoms with E-state index in [1.807, 2.05) is 38.4 Å². The van der Waals surface area contributed by atoms with Crippen LogP contribution in [0.4, 0.5) is 11.5 Å². The van der Waals surface area contributed by atoms with Crippen molar-refractivity contribution in [3.8, 4) is 0 Å². The maximum absolute atomic E-state index is 11.7. The summed E-state index contributed by atoms with van der Waals surface area (Å²) in [6.07, 6.45) is 3.25. The zero-order valence-corrected chi connectivity index (χ0v) is 16.0. The summed E-state index contributed by atoms with van der Waals surface area (Å²) in [4.78, 5) is 18.0. The molecule has 0 aliphatic rings. The van der Waals surface area contributed by atoms with E-state index >= 15 is 0 Å². The number of halogens is 2. The van der Waals surface area contributed by atoms with Crippen molar-refractivity contribution in [1.82, 2.24) is 9.88 Å². The second-order valence-corrected chi connectivity index (χ2v) is 6.45. The average molecular weight is 415 g/mol. The maximum Gasteiger partial charge on any atom is 0.339 e. The minimum absolute atomic E-state index is 0. The molecule has 130 valence electrons. The van der Waals surface area contributed by atoms with Gasteiger partial charge in [0.15, 0.2) is 0 Å². The van der Waals surface area contributed by atoms with E-state index in [0.717, 1.165) is 28.7 Å². The Morgan fingerprint density at radius 1 is 1.25 bits per heavy atom. The van der Waals surface area contributed by atoms with Crippen LogP contribution in [-0.2, 0) is 6.42 Å². The SMILES string of the molecule is CN(C)CCCc1ccnc(Nc2ccc(Br)cc2)c1C(=O)O.Cl. The molecular formula is C17H21BrClN3O2. The van der Waals surface area contributed by atoms with Crippen LogP contribution in [0.15, 0.2) is 41.0 Å². The minimum Gasteiger partial charge on any atom is -0.478 e. The molecule has 1 heterocycles. The lowest BCUT2D eigenvalue weighted by Gasteiger charge is -2.14. The summed E-state index contributed by atoms with van der Waals surface area (Å²) in [5.41, 5.74) is 1.84. The highest BCUT2D eigenvalue weighted by molar-refractivity contribution is 9.10. The number of nitrogens with one attached hydrogen (secondary N) is 1. The Bertz CT molecular complexity index is 678. The normalized spacial score (nSPS) is 10.3. The van der Waals surface area contributed by atoms with Crippen LogP contribution in [0.5, 0.6) is 0 Å². The highest BCUT2D eigenvalue weighted by Crippen LogP contribution is 2.24. The van der Waals surface area contributed by atoms with Gasteiger partial charge in [0.2, 0.25) is 0 Å². The third-order valence-corrected chi connectivity index (χ3v) is 3.94. The first kappa shape index (κ1) is 20.4. The van der Waals surface area contributed by atoms with Gasteiger partial charge in [-0.05, 0) is 69.4 Å². The maximum atomic E-state index is 11.7. The summed E-state index contributed by atoms with van der Waals surface area (Å²) < 4.78 is 0.965. The number of nitrogens with zero attached hydrogens (tertiary/aromatic N) is 2. The van der Waals surface area contributed by atoms with Crippen LogP contribution in [0.3, 0.4) is 0 Å². The molecule has 0 amide bonds. The van der Waals surface area contributed by atoms with E-state index < -0.39 is 5.97 Å². The summed E-state index contributed by atoms with van der Waals surface area (Å²) >= 11 is 3.38. The molecule has 1 aromatic carbocycles. The van der Waals surface area contributed by atoms with Crippen molar-refractivity contribution < 1.29 is 9.90 Å². The van der Waals surface area contributed by atoms with Crippen LogP contribution >= 0.6 is 28.3 Å². The van der Waals surface area contributed by atoms with E-state index in [-0.39, 0.29) is 18.0 Å². The number of hydrogen-bond acceptors (Lipinski definition) is 4. The third-order valence-electron chi connectivity index (χ3n) is 3.41. The molecule has 0 atom stereocenters. The lowest BCUT2D eigenvalue weighted by atomic mass is 10.0. The van der Waals surface area contributed by atoms with Crippen LogP contribution in [-0.4, -0.2) is 41.6 Å². The van der Waals surface area contributed by atoms with Crippen molar-refractivity contribution in [2.24, 2.45) is 0 Å². The van der Waals surface area contributed by atoms with Gasteiger partial charge in [0.05, 0.1) is 0 Å². The van der Waals surface area contributed by atoms with Gasteiger partial charge >= 0.3 is 5.97 Å². The van der Waals surface area contributed by atoms with Crippen LogP contribution in [0.25, 0.3) is 0 Å². The molecule has 2 aromatic rings. The molecule has 7 heteroatoms. The fraction of sp³-hybridized carbons (Fsp3) is 0.294. The summed E-state index contributed by atoms with van der Waals surface area (Å²) in [5, 5.41) is 12.7. The number of aromatic carboxylic acids is 1. The fourth-order valence-corrected chi connectivity index (χ4v) is 2.56. The molecule has 0 fully saturated rings. The van der Waals surface area contributed by atoms with Gasteiger partial charge in [-0.15, -0.1) is 12.4 Å². The van der Waals surface area contributed by atoms with Gasteiger partial charge in [-0.1, -0.05) is 15.9 Å². The number of pyridine rings is 1. The molecule has 24 heavy (non-hydrogen) atoms. The van der Waals surface area contributed by atoms with Crippen LogP contribution in [0.1, 0.15) is 22.3 Å². The van der Waals surface area contributed by atoms with Gasteiger partial charge in [0.1, 0.15) is 11.4 Å². The number of anilines is 2. The van der Waals surface area contributed by atoms with Gasteiger partial charge in [-0.2, -0.15) is 0 Å². The molecule has 0 spiro atoms. The quantitative estimate of drug-likeness (QED) is 0.711. The Morgan fingerprint density at radius 2 is 1.92 bits per heavy atom. The molecule has 0 radical (unpaired) electrons. The van der Waals surface area contributed by atoms with Crippen molar-refractivity contribution in [3.05, 3.63) is 52.1 Å². The average Bonchev–Trinajstić information content (AvgIpc) is 2.49. The zero-order chi connectivity index (χ0) is 16.8. The lowest BCUT2D eigenvalue weighted by Crippen LogP contribution is -2.15. The Balaban J connectivity index is 0.00000288. The number of aromatic nitrogens is 1. The molecule has 2 rings (SSSR count). The van der Waals surface area contributed by atoms with E-state index in [4.69, 9.17) is 0 Å². The second kappa shape index (κ2) is 9.61. The Morgan fingerprint density at radius 3 is 2.50 bits per heavy atom.